The Kier molecular flexibility index (Phi) is 3.69. The zero-order valence-electron chi connectivity index (χ0n) is 17.0. The van der Waals surface area contributed by atoms with Crippen LogP contribution in [0.2, 0.25) is 0 Å². The van der Waals surface area contributed by atoms with Crippen LogP contribution in [-0.2, 0) is 4.79 Å². The Morgan fingerprint density at radius 3 is 2.68 bits per heavy atom. The van der Waals surface area contributed by atoms with Crippen LogP contribution in [0, 0.1) is 39.9 Å². The van der Waals surface area contributed by atoms with Crippen molar-refractivity contribution in [2.24, 2.45) is 28.6 Å². The zero-order valence-corrected chi connectivity index (χ0v) is 17.0. The van der Waals surface area contributed by atoms with Crippen LogP contribution >= 0.6 is 0 Å². The third-order valence-corrected chi connectivity index (χ3v) is 8.57. The van der Waals surface area contributed by atoms with Gasteiger partial charge in [-0.05, 0) is 49.9 Å². The minimum atomic E-state index is 0.0888. The Morgan fingerprint density at radius 2 is 1.89 bits per heavy atom. The number of hydrogen-bond acceptors (Lipinski definition) is 3. The molecule has 5 rings (SSSR count). The molecule has 1 amide bonds. The summed E-state index contributed by atoms with van der Waals surface area (Å²) >= 11 is 0. The summed E-state index contributed by atoms with van der Waals surface area (Å²) in [5, 5.41) is 9.47. The summed E-state index contributed by atoms with van der Waals surface area (Å²) < 4.78 is 2.01. The van der Waals surface area contributed by atoms with Crippen molar-refractivity contribution in [1.82, 2.24) is 14.5 Å². The number of likely N-dealkylation sites (tertiary alicyclic amines) is 1. The molecule has 28 heavy (non-hydrogen) atoms. The van der Waals surface area contributed by atoms with Crippen LogP contribution in [0.5, 0.6) is 0 Å². The lowest BCUT2D eigenvalue weighted by Crippen LogP contribution is -2.53. The van der Waals surface area contributed by atoms with E-state index in [2.05, 4.69) is 37.1 Å². The first-order valence-electron chi connectivity index (χ1n) is 10.5. The second-order valence-electron chi connectivity index (χ2n) is 9.61. The summed E-state index contributed by atoms with van der Waals surface area (Å²) in [6.07, 6.45) is 14.3. The van der Waals surface area contributed by atoms with Crippen molar-refractivity contribution in [3.63, 3.8) is 0 Å². The first-order valence-corrected chi connectivity index (χ1v) is 10.5. The Bertz CT molecular complexity index is 950. The molecule has 0 spiro atoms. The van der Waals surface area contributed by atoms with Gasteiger partial charge in [0.2, 0.25) is 5.91 Å². The van der Waals surface area contributed by atoms with Gasteiger partial charge in [0.15, 0.2) is 0 Å². The molecule has 5 atom stereocenters. The molecule has 0 bridgehead atoms. The lowest BCUT2D eigenvalue weighted by Gasteiger charge is -2.58. The van der Waals surface area contributed by atoms with Gasteiger partial charge in [-0.25, -0.2) is 4.98 Å². The molecule has 5 heteroatoms. The van der Waals surface area contributed by atoms with Crippen LogP contribution in [0.1, 0.15) is 58.1 Å². The highest BCUT2D eigenvalue weighted by Gasteiger charge is 2.58. The van der Waals surface area contributed by atoms with Gasteiger partial charge in [0.25, 0.3) is 0 Å². The molecule has 5 nitrogen and oxygen atoms in total. The fourth-order valence-corrected chi connectivity index (χ4v) is 7.07. The smallest absolute Gasteiger partial charge is 0.226 e. The summed E-state index contributed by atoms with van der Waals surface area (Å²) in [6, 6.07) is 2.29. The third-order valence-electron chi connectivity index (χ3n) is 8.57. The number of nitriles is 1. The average molecular weight is 377 g/mol. The molecule has 1 saturated heterocycles. The number of nitrogens with zero attached hydrogens (tertiary/aromatic N) is 4. The highest BCUT2D eigenvalue weighted by atomic mass is 16.2. The van der Waals surface area contributed by atoms with E-state index in [-0.39, 0.29) is 16.7 Å². The first-order chi connectivity index (χ1) is 13.4. The van der Waals surface area contributed by atoms with E-state index in [0.29, 0.717) is 29.9 Å². The van der Waals surface area contributed by atoms with E-state index in [1.165, 1.54) is 17.8 Å². The van der Waals surface area contributed by atoms with E-state index in [0.717, 1.165) is 25.7 Å². The largest absolute Gasteiger partial charge is 0.319 e. The molecule has 2 heterocycles. The van der Waals surface area contributed by atoms with Gasteiger partial charge in [-0.15, -0.1) is 0 Å². The number of amides is 1. The van der Waals surface area contributed by atoms with Crippen LogP contribution in [-0.4, -0.2) is 27.4 Å². The van der Waals surface area contributed by atoms with Crippen molar-refractivity contribution in [3.05, 3.63) is 36.1 Å². The minimum absolute atomic E-state index is 0.0888. The van der Waals surface area contributed by atoms with Crippen LogP contribution in [0.25, 0.3) is 5.70 Å². The van der Waals surface area contributed by atoms with Crippen molar-refractivity contribution >= 4 is 11.6 Å². The predicted octanol–water partition coefficient (Wildman–Crippen LogP) is 4.19. The normalized spacial score (nSPS) is 39.4. The molecule has 0 unspecified atom stereocenters. The maximum atomic E-state index is 12.3. The van der Waals surface area contributed by atoms with Crippen molar-refractivity contribution in [1.29, 1.82) is 5.26 Å². The first kappa shape index (κ1) is 17.7. The Morgan fingerprint density at radius 1 is 1.14 bits per heavy atom. The fraction of sp³-hybridized carbons (Fsp3) is 0.609. The van der Waals surface area contributed by atoms with Crippen LogP contribution in [0.3, 0.4) is 0 Å². The molecular formula is C23H28N4O. The number of carbonyl (C=O) groups excluding carboxylic acids is 1. The minimum Gasteiger partial charge on any atom is -0.319 e. The zero-order chi connectivity index (χ0) is 19.7. The van der Waals surface area contributed by atoms with Crippen LogP contribution < -0.4 is 0 Å². The summed E-state index contributed by atoms with van der Waals surface area (Å²) in [6.45, 7) is 4.79. The summed E-state index contributed by atoms with van der Waals surface area (Å²) in [5.41, 5.74) is 3.36. The number of allylic oxidation sites excluding steroid dienone is 4. The van der Waals surface area contributed by atoms with E-state index in [4.69, 9.17) is 0 Å². The number of piperidine rings is 1. The van der Waals surface area contributed by atoms with Gasteiger partial charge in [0.1, 0.15) is 11.8 Å². The van der Waals surface area contributed by atoms with Gasteiger partial charge in [-0.3, -0.25) is 9.36 Å². The highest BCUT2D eigenvalue weighted by Crippen LogP contribution is 2.65. The van der Waals surface area contributed by atoms with Gasteiger partial charge in [-0.2, -0.15) is 5.26 Å². The summed E-state index contributed by atoms with van der Waals surface area (Å²) in [7, 11) is 1.95. The third kappa shape index (κ3) is 2.12. The highest BCUT2D eigenvalue weighted by molar-refractivity contribution is 5.79. The lowest BCUT2D eigenvalue weighted by molar-refractivity contribution is -0.135. The number of aromatic nitrogens is 2. The second kappa shape index (κ2) is 5.83. The molecule has 3 aliphatic carbocycles. The maximum absolute atomic E-state index is 12.3. The van der Waals surface area contributed by atoms with E-state index in [1.54, 1.807) is 12.5 Å². The topological polar surface area (TPSA) is 61.9 Å². The van der Waals surface area contributed by atoms with Crippen molar-refractivity contribution in [2.75, 3.05) is 7.05 Å². The van der Waals surface area contributed by atoms with Crippen LogP contribution in [0.15, 0.2) is 30.4 Å². The van der Waals surface area contributed by atoms with Crippen LogP contribution in [0.4, 0.5) is 0 Å². The molecular weight excluding hydrogens is 348 g/mol. The van der Waals surface area contributed by atoms with E-state index < -0.39 is 0 Å². The molecule has 2 fully saturated rings. The Balaban J connectivity index is 1.50. The molecule has 1 aliphatic heterocycles. The lowest BCUT2D eigenvalue weighted by atomic mass is 9.49. The van der Waals surface area contributed by atoms with E-state index in [1.807, 2.05) is 16.5 Å². The molecule has 0 radical (unpaired) electrons. The molecule has 0 N–H and O–H groups in total. The molecule has 1 aromatic rings. The summed E-state index contributed by atoms with van der Waals surface area (Å²) in [5.74, 6) is 2.12. The van der Waals surface area contributed by atoms with Gasteiger partial charge < -0.3 is 4.90 Å². The van der Waals surface area contributed by atoms with Crippen molar-refractivity contribution in [2.45, 2.75) is 52.4 Å². The monoisotopic (exact) mass is 376 g/mol. The van der Waals surface area contributed by atoms with Gasteiger partial charge in [-0.1, -0.05) is 26.0 Å². The number of carbonyl (C=O) groups is 1. The number of imidazole rings is 1. The van der Waals surface area contributed by atoms with E-state index >= 15 is 0 Å². The number of fused-ring (bicyclic) bond motifs is 5. The molecule has 4 aliphatic rings. The second-order valence-corrected chi connectivity index (χ2v) is 9.61. The standard InChI is InChI=1S/C23H28N4O/c1-22-11-9-21(28)26(3)19(22)6-4-16-17-5-7-20(23(17,2)10-8-18(16)22)27-14-25-13-15(27)12-24/h6-7,13-14,16-18H,4-5,8-11H2,1-3H3/t16-,17-,18-,22+,23-/m0/s1. The number of rotatable bonds is 1. The van der Waals surface area contributed by atoms with Gasteiger partial charge in [0.05, 0.1) is 12.5 Å². The SMILES string of the molecule is CN1C(=O)CC[C@@]2(C)C1=CC[C@@H]1[C@@H]2CC[C@]2(C)C(n3cncc3C#N)=CC[C@@H]12. The fourth-order valence-electron chi connectivity index (χ4n) is 7.07. The molecule has 0 aromatic carbocycles. The summed E-state index contributed by atoms with van der Waals surface area (Å²) in [4.78, 5) is 18.4. The molecule has 1 saturated carbocycles. The number of hydrogen-bond donors (Lipinski definition) is 0. The van der Waals surface area contributed by atoms with E-state index in [9.17, 15) is 10.1 Å². The Labute approximate surface area is 166 Å². The Hall–Kier alpha value is -2.35. The maximum Gasteiger partial charge on any atom is 0.226 e. The predicted molar refractivity (Wildman–Crippen MR) is 106 cm³/mol. The van der Waals surface area contributed by atoms with Gasteiger partial charge in [0, 0.05) is 35.7 Å². The van der Waals surface area contributed by atoms with Gasteiger partial charge >= 0.3 is 0 Å². The average Bonchev–Trinajstić information content (AvgIpc) is 3.28. The molecule has 1 aromatic heterocycles. The molecule has 146 valence electrons. The van der Waals surface area contributed by atoms with Crippen molar-refractivity contribution < 1.29 is 4.79 Å². The quantitative estimate of drug-likeness (QED) is 0.738. The van der Waals surface area contributed by atoms with Crippen molar-refractivity contribution in [3.8, 4) is 6.07 Å².